The highest BCUT2D eigenvalue weighted by Gasteiger charge is 2.03. The SMILES string of the molecule is CC(C)COc1ccccc1CNCCc1ccccc1. The maximum Gasteiger partial charge on any atom is 0.123 e. The number of rotatable bonds is 8. The molecule has 0 radical (unpaired) electrons. The monoisotopic (exact) mass is 283 g/mol. The van der Waals surface area contributed by atoms with E-state index in [9.17, 15) is 0 Å². The van der Waals surface area contributed by atoms with Crippen molar-refractivity contribution >= 4 is 0 Å². The van der Waals surface area contributed by atoms with E-state index < -0.39 is 0 Å². The number of ether oxygens (including phenoxy) is 1. The maximum absolute atomic E-state index is 5.87. The van der Waals surface area contributed by atoms with Crippen LogP contribution in [0.25, 0.3) is 0 Å². The number of benzene rings is 2. The van der Waals surface area contributed by atoms with Gasteiger partial charge in [0.15, 0.2) is 0 Å². The molecule has 112 valence electrons. The Labute approximate surface area is 128 Å². The fourth-order valence-corrected chi connectivity index (χ4v) is 2.15. The molecule has 0 fully saturated rings. The molecular weight excluding hydrogens is 258 g/mol. The molecule has 0 amide bonds. The predicted molar refractivity (Wildman–Crippen MR) is 88.6 cm³/mol. The van der Waals surface area contributed by atoms with E-state index in [1.807, 2.05) is 6.07 Å². The number of hydrogen-bond donors (Lipinski definition) is 1. The van der Waals surface area contributed by atoms with Gasteiger partial charge in [-0.05, 0) is 30.5 Å². The van der Waals surface area contributed by atoms with Crippen molar-refractivity contribution in [1.82, 2.24) is 5.32 Å². The molecule has 0 aliphatic rings. The van der Waals surface area contributed by atoms with E-state index in [4.69, 9.17) is 4.74 Å². The minimum absolute atomic E-state index is 0.545. The van der Waals surface area contributed by atoms with Gasteiger partial charge in [-0.15, -0.1) is 0 Å². The molecule has 2 aromatic rings. The van der Waals surface area contributed by atoms with Crippen LogP contribution < -0.4 is 10.1 Å². The minimum Gasteiger partial charge on any atom is -0.493 e. The summed E-state index contributed by atoms with van der Waals surface area (Å²) in [7, 11) is 0. The van der Waals surface area contributed by atoms with Crippen molar-refractivity contribution in [3.63, 3.8) is 0 Å². The summed E-state index contributed by atoms with van der Waals surface area (Å²) in [4.78, 5) is 0. The Morgan fingerprint density at radius 1 is 0.952 bits per heavy atom. The highest BCUT2D eigenvalue weighted by atomic mass is 16.5. The molecule has 0 bridgehead atoms. The summed E-state index contributed by atoms with van der Waals surface area (Å²) in [6.45, 7) is 6.92. The lowest BCUT2D eigenvalue weighted by atomic mass is 10.1. The maximum atomic E-state index is 5.87. The standard InChI is InChI=1S/C19H25NO/c1-16(2)15-21-19-11-7-6-10-18(19)14-20-13-12-17-8-4-3-5-9-17/h3-11,16,20H,12-15H2,1-2H3. The first-order valence-corrected chi connectivity index (χ1v) is 7.71. The molecule has 2 rings (SSSR count). The molecule has 2 aromatic carbocycles. The summed E-state index contributed by atoms with van der Waals surface area (Å²) >= 11 is 0. The molecule has 0 aliphatic carbocycles. The van der Waals surface area contributed by atoms with Crippen LogP contribution >= 0.6 is 0 Å². The zero-order chi connectivity index (χ0) is 14.9. The van der Waals surface area contributed by atoms with E-state index in [2.05, 4.69) is 67.7 Å². The van der Waals surface area contributed by atoms with Gasteiger partial charge in [-0.25, -0.2) is 0 Å². The molecule has 21 heavy (non-hydrogen) atoms. The summed E-state index contributed by atoms with van der Waals surface area (Å²) < 4.78 is 5.87. The van der Waals surface area contributed by atoms with Crippen molar-refractivity contribution in [2.75, 3.05) is 13.2 Å². The van der Waals surface area contributed by atoms with E-state index in [1.165, 1.54) is 11.1 Å². The zero-order valence-electron chi connectivity index (χ0n) is 13.0. The van der Waals surface area contributed by atoms with E-state index in [1.54, 1.807) is 0 Å². The summed E-state index contributed by atoms with van der Waals surface area (Å²) in [5.74, 6) is 1.54. The van der Waals surface area contributed by atoms with E-state index >= 15 is 0 Å². The molecule has 0 aliphatic heterocycles. The largest absolute Gasteiger partial charge is 0.493 e. The highest BCUT2D eigenvalue weighted by molar-refractivity contribution is 5.33. The third-order valence-corrected chi connectivity index (χ3v) is 3.29. The molecule has 0 unspecified atom stereocenters. The first-order valence-electron chi connectivity index (χ1n) is 7.71. The van der Waals surface area contributed by atoms with Gasteiger partial charge in [0.2, 0.25) is 0 Å². The molecule has 0 aromatic heterocycles. The molecule has 0 saturated carbocycles. The first-order chi connectivity index (χ1) is 10.3. The van der Waals surface area contributed by atoms with Gasteiger partial charge >= 0.3 is 0 Å². The lowest BCUT2D eigenvalue weighted by molar-refractivity contribution is 0.268. The summed E-state index contributed by atoms with van der Waals surface area (Å²) in [6.07, 6.45) is 1.05. The van der Waals surface area contributed by atoms with Crippen LogP contribution in [0.4, 0.5) is 0 Å². The third kappa shape index (κ3) is 5.60. The van der Waals surface area contributed by atoms with Gasteiger partial charge in [-0.1, -0.05) is 62.4 Å². The van der Waals surface area contributed by atoms with Crippen LogP contribution in [0.2, 0.25) is 0 Å². The van der Waals surface area contributed by atoms with Gasteiger partial charge in [-0.2, -0.15) is 0 Å². The van der Waals surface area contributed by atoms with Gasteiger partial charge in [-0.3, -0.25) is 0 Å². The second kappa shape index (κ2) is 8.48. The fraction of sp³-hybridized carbons (Fsp3) is 0.368. The van der Waals surface area contributed by atoms with Crippen LogP contribution in [-0.2, 0) is 13.0 Å². The van der Waals surface area contributed by atoms with Crippen molar-refractivity contribution < 1.29 is 4.74 Å². The van der Waals surface area contributed by atoms with Crippen molar-refractivity contribution in [3.05, 3.63) is 65.7 Å². The Bertz CT molecular complexity index is 522. The Kier molecular flexibility index (Phi) is 6.29. The van der Waals surface area contributed by atoms with E-state index in [0.29, 0.717) is 5.92 Å². The molecule has 0 saturated heterocycles. The lowest BCUT2D eigenvalue weighted by Crippen LogP contribution is -2.17. The van der Waals surface area contributed by atoms with Gasteiger partial charge < -0.3 is 10.1 Å². The molecule has 2 heteroatoms. The molecule has 1 N–H and O–H groups in total. The van der Waals surface area contributed by atoms with Gasteiger partial charge in [0.05, 0.1) is 6.61 Å². The summed E-state index contributed by atoms with van der Waals surface area (Å²) in [5.41, 5.74) is 2.60. The summed E-state index contributed by atoms with van der Waals surface area (Å²) in [5, 5.41) is 3.50. The summed E-state index contributed by atoms with van der Waals surface area (Å²) in [6, 6.07) is 18.8. The topological polar surface area (TPSA) is 21.3 Å². The van der Waals surface area contributed by atoms with Crippen molar-refractivity contribution in [3.8, 4) is 5.75 Å². The van der Waals surface area contributed by atoms with Crippen molar-refractivity contribution in [1.29, 1.82) is 0 Å². The predicted octanol–water partition coefficient (Wildman–Crippen LogP) is 4.05. The number of para-hydroxylation sites is 1. The minimum atomic E-state index is 0.545. The number of nitrogens with one attached hydrogen (secondary N) is 1. The van der Waals surface area contributed by atoms with Gasteiger partial charge in [0.25, 0.3) is 0 Å². The Hall–Kier alpha value is -1.80. The molecular formula is C19H25NO. The smallest absolute Gasteiger partial charge is 0.123 e. The lowest BCUT2D eigenvalue weighted by Gasteiger charge is -2.13. The van der Waals surface area contributed by atoms with Crippen LogP contribution in [0.5, 0.6) is 5.75 Å². The quantitative estimate of drug-likeness (QED) is 0.738. The first kappa shape index (κ1) is 15.6. The normalized spacial score (nSPS) is 10.8. The van der Waals surface area contributed by atoms with E-state index in [-0.39, 0.29) is 0 Å². The highest BCUT2D eigenvalue weighted by Crippen LogP contribution is 2.18. The Balaban J connectivity index is 1.80. The number of hydrogen-bond acceptors (Lipinski definition) is 2. The van der Waals surface area contributed by atoms with Crippen LogP contribution in [0.1, 0.15) is 25.0 Å². The molecule has 2 nitrogen and oxygen atoms in total. The van der Waals surface area contributed by atoms with Crippen LogP contribution in [0.3, 0.4) is 0 Å². The van der Waals surface area contributed by atoms with Crippen molar-refractivity contribution in [2.24, 2.45) is 5.92 Å². The van der Waals surface area contributed by atoms with E-state index in [0.717, 1.165) is 31.9 Å². The fourth-order valence-electron chi connectivity index (χ4n) is 2.15. The Morgan fingerprint density at radius 2 is 1.67 bits per heavy atom. The Morgan fingerprint density at radius 3 is 2.43 bits per heavy atom. The van der Waals surface area contributed by atoms with Crippen LogP contribution in [0, 0.1) is 5.92 Å². The van der Waals surface area contributed by atoms with Gasteiger partial charge in [0.1, 0.15) is 5.75 Å². The van der Waals surface area contributed by atoms with Crippen LogP contribution in [-0.4, -0.2) is 13.2 Å². The zero-order valence-corrected chi connectivity index (χ0v) is 13.0. The average Bonchev–Trinajstić information content (AvgIpc) is 2.51. The molecule has 0 spiro atoms. The molecule has 0 atom stereocenters. The van der Waals surface area contributed by atoms with Gasteiger partial charge in [0, 0.05) is 12.1 Å². The third-order valence-electron chi connectivity index (χ3n) is 3.29. The second-order valence-corrected chi connectivity index (χ2v) is 5.72. The van der Waals surface area contributed by atoms with Crippen molar-refractivity contribution in [2.45, 2.75) is 26.8 Å². The van der Waals surface area contributed by atoms with Crippen LogP contribution in [0.15, 0.2) is 54.6 Å². The molecule has 0 heterocycles. The average molecular weight is 283 g/mol. The second-order valence-electron chi connectivity index (χ2n) is 5.72.